The molecule has 0 aliphatic rings. The van der Waals surface area contributed by atoms with E-state index in [0.29, 0.717) is 10.7 Å². The Kier molecular flexibility index (Phi) is 4.31. The molecule has 0 fully saturated rings. The van der Waals surface area contributed by atoms with E-state index in [2.05, 4.69) is 5.32 Å². The number of nitrogens with one attached hydrogen (secondary N) is 1. The second-order valence-corrected chi connectivity index (χ2v) is 4.32. The van der Waals surface area contributed by atoms with E-state index < -0.39 is 0 Å². The Labute approximate surface area is 115 Å². The molecule has 96 valence electrons. The number of hydrogen-bond acceptors (Lipinski definition) is 1. The first-order valence-electron chi connectivity index (χ1n) is 5.64. The van der Waals surface area contributed by atoms with Gasteiger partial charge in [-0.1, -0.05) is 29.8 Å². The Morgan fingerprint density at radius 2 is 1.89 bits per heavy atom. The molecule has 0 heterocycles. The SMILES string of the molecule is O=C(C=Cc1ccc(Cl)cc1)Nc1cccc(F)c1. The van der Waals surface area contributed by atoms with Crippen LogP contribution in [0.3, 0.4) is 0 Å². The van der Waals surface area contributed by atoms with E-state index in [1.807, 2.05) is 0 Å². The number of amides is 1. The van der Waals surface area contributed by atoms with Gasteiger partial charge < -0.3 is 5.32 Å². The van der Waals surface area contributed by atoms with Gasteiger partial charge in [-0.3, -0.25) is 4.79 Å². The lowest BCUT2D eigenvalue weighted by molar-refractivity contribution is -0.111. The number of carbonyl (C=O) groups is 1. The third-order valence-electron chi connectivity index (χ3n) is 2.39. The van der Waals surface area contributed by atoms with Crippen LogP contribution in [-0.2, 0) is 4.79 Å². The van der Waals surface area contributed by atoms with Crippen molar-refractivity contribution in [2.45, 2.75) is 0 Å². The molecule has 0 atom stereocenters. The second kappa shape index (κ2) is 6.16. The summed E-state index contributed by atoms with van der Waals surface area (Å²) in [4.78, 5) is 11.6. The predicted octanol–water partition coefficient (Wildman–Crippen LogP) is 4.13. The number of rotatable bonds is 3. The molecule has 0 spiro atoms. The molecule has 0 bridgehead atoms. The Hall–Kier alpha value is -2.13. The van der Waals surface area contributed by atoms with Gasteiger partial charge in [-0.05, 0) is 42.0 Å². The fourth-order valence-electron chi connectivity index (χ4n) is 1.50. The standard InChI is InChI=1S/C15H11ClFNO/c16-12-7-4-11(5-8-12)6-9-15(19)18-14-3-1-2-13(17)10-14/h1-10H,(H,18,19). The van der Waals surface area contributed by atoms with Gasteiger partial charge in [0.15, 0.2) is 0 Å². The van der Waals surface area contributed by atoms with E-state index in [4.69, 9.17) is 11.6 Å². The monoisotopic (exact) mass is 275 g/mol. The van der Waals surface area contributed by atoms with Gasteiger partial charge in [0, 0.05) is 16.8 Å². The fraction of sp³-hybridized carbons (Fsp3) is 0. The molecule has 19 heavy (non-hydrogen) atoms. The Balaban J connectivity index is 1.99. The summed E-state index contributed by atoms with van der Waals surface area (Å²) in [5.41, 5.74) is 1.28. The smallest absolute Gasteiger partial charge is 0.248 e. The van der Waals surface area contributed by atoms with Crippen LogP contribution < -0.4 is 5.32 Å². The summed E-state index contributed by atoms with van der Waals surface area (Å²) >= 11 is 5.76. The van der Waals surface area contributed by atoms with Crippen LogP contribution in [0.15, 0.2) is 54.6 Å². The summed E-state index contributed by atoms with van der Waals surface area (Å²) in [5, 5.41) is 3.21. The molecule has 0 saturated heterocycles. The lowest BCUT2D eigenvalue weighted by Gasteiger charge is -2.01. The minimum Gasteiger partial charge on any atom is -0.322 e. The number of benzene rings is 2. The summed E-state index contributed by atoms with van der Waals surface area (Å²) < 4.78 is 12.9. The quantitative estimate of drug-likeness (QED) is 0.839. The summed E-state index contributed by atoms with van der Waals surface area (Å²) in [6, 6.07) is 12.8. The molecule has 0 aliphatic heterocycles. The summed E-state index contributed by atoms with van der Waals surface area (Å²) in [6.45, 7) is 0. The van der Waals surface area contributed by atoms with Crippen molar-refractivity contribution >= 4 is 29.3 Å². The van der Waals surface area contributed by atoms with Gasteiger partial charge in [-0.15, -0.1) is 0 Å². The molecule has 2 aromatic rings. The van der Waals surface area contributed by atoms with E-state index in [0.717, 1.165) is 5.56 Å². The molecule has 1 N–H and O–H groups in total. The number of carbonyl (C=O) groups excluding carboxylic acids is 1. The highest BCUT2D eigenvalue weighted by atomic mass is 35.5. The van der Waals surface area contributed by atoms with E-state index in [9.17, 15) is 9.18 Å². The molecule has 2 aromatic carbocycles. The minimum absolute atomic E-state index is 0.319. The normalized spacial score (nSPS) is 10.6. The van der Waals surface area contributed by atoms with Crippen LogP contribution in [0.4, 0.5) is 10.1 Å². The Morgan fingerprint density at radius 3 is 2.58 bits per heavy atom. The first-order chi connectivity index (χ1) is 9.13. The van der Waals surface area contributed by atoms with Gasteiger partial charge in [0.05, 0.1) is 0 Å². The molecule has 4 heteroatoms. The van der Waals surface area contributed by atoms with Crippen LogP contribution in [0, 0.1) is 5.82 Å². The molecule has 1 amide bonds. The van der Waals surface area contributed by atoms with Gasteiger partial charge >= 0.3 is 0 Å². The second-order valence-electron chi connectivity index (χ2n) is 3.88. The van der Waals surface area contributed by atoms with Gasteiger partial charge in [-0.2, -0.15) is 0 Å². The fourth-order valence-corrected chi connectivity index (χ4v) is 1.62. The van der Waals surface area contributed by atoms with Crippen LogP contribution in [0.5, 0.6) is 0 Å². The van der Waals surface area contributed by atoms with Gasteiger partial charge in [-0.25, -0.2) is 4.39 Å². The van der Waals surface area contributed by atoms with Crippen molar-refractivity contribution < 1.29 is 9.18 Å². The van der Waals surface area contributed by atoms with Crippen LogP contribution in [0.2, 0.25) is 5.02 Å². The molecule has 0 saturated carbocycles. The minimum atomic E-state index is -0.389. The first-order valence-corrected chi connectivity index (χ1v) is 6.01. The van der Waals surface area contributed by atoms with Crippen molar-refractivity contribution in [3.05, 3.63) is 71.0 Å². The van der Waals surface area contributed by atoms with E-state index >= 15 is 0 Å². The highest BCUT2D eigenvalue weighted by molar-refractivity contribution is 6.30. The van der Waals surface area contributed by atoms with Crippen LogP contribution in [0.25, 0.3) is 6.08 Å². The highest BCUT2D eigenvalue weighted by Crippen LogP contribution is 2.11. The number of anilines is 1. The zero-order valence-corrected chi connectivity index (χ0v) is 10.7. The maximum atomic E-state index is 12.9. The zero-order chi connectivity index (χ0) is 13.7. The molecular weight excluding hydrogens is 265 g/mol. The van der Waals surface area contributed by atoms with Gasteiger partial charge in [0.2, 0.25) is 5.91 Å². The average Bonchev–Trinajstić information content (AvgIpc) is 2.38. The van der Waals surface area contributed by atoms with Crippen molar-refractivity contribution in [2.24, 2.45) is 0 Å². The van der Waals surface area contributed by atoms with Crippen molar-refractivity contribution in [2.75, 3.05) is 5.32 Å². The van der Waals surface area contributed by atoms with Gasteiger partial charge in [0.25, 0.3) is 0 Å². The van der Waals surface area contributed by atoms with Crippen molar-refractivity contribution in [3.63, 3.8) is 0 Å². The molecule has 0 unspecified atom stereocenters. The van der Waals surface area contributed by atoms with Crippen molar-refractivity contribution in [1.82, 2.24) is 0 Å². The molecule has 2 rings (SSSR count). The lowest BCUT2D eigenvalue weighted by Crippen LogP contribution is -2.07. The number of hydrogen-bond donors (Lipinski definition) is 1. The Bertz CT molecular complexity index is 608. The largest absolute Gasteiger partial charge is 0.322 e. The predicted molar refractivity (Wildman–Crippen MR) is 75.5 cm³/mol. The molecular formula is C15H11ClFNO. The van der Waals surface area contributed by atoms with Crippen LogP contribution in [-0.4, -0.2) is 5.91 Å². The highest BCUT2D eigenvalue weighted by Gasteiger charge is 1.98. The third-order valence-corrected chi connectivity index (χ3v) is 2.64. The first kappa shape index (κ1) is 13.3. The zero-order valence-electron chi connectivity index (χ0n) is 9.94. The maximum Gasteiger partial charge on any atom is 0.248 e. The van der Waals surface area contributed by atoms with E-state index in [1.54, 1.807) is 36.4 Å². The van der Waals surface area contributed by atoms with Crippen molar-refractivity contribution in [3.8, 4) is 0 Å². The summed E-state index contributed by atoms with van der Waals surface area (Å²) in [6.07, 6.45) is 3.04. The van der Waals surface area contributed by atoms with E-state index in [-0.39, 0.29) is 11.7 Å². The van der Waals surface area contributed by atoms with Crippen LogP contribution >= 0.6 is 11.6 Å². The van der Waals surface area contributed by atoms with E-state index in [1.165, 1.54) is 24.3 Å². The summed E-state index contributed by atoms with van der Waals surface area (Å²) in [5.74, 6) is -0.708. The lowest BCUT2D eigenvalue weighted by atomic mass is 10.2. The average molecular weight is 276 g/mol. The molecule has 0 aliphatic carbocycles. The topological polar surface area (TPSA) is 29.1 Å². The molecule has 0 radical (unpaired) electrons. The van der Waals surface area contributed by atoms with Crippen molar-refractivity contribution in [1.29, 1.82) is 0 Å². The third kappa shape index (κ3) is 4.23. The molecule has 2 nitrogen and oxygen atoms in total. The maximum absolute atomic E-state index is 12.9. The summed E-state index contributed by atoms with van der Waals surface area (Å²) in [7, 11) is 0. The molecule has 0 aromatic heterocycles. The Morgan fingerprint density at radius 1 is 1.16 bits per heavy atom. The number of halogens is 2. The van der Waals surface area contributed by atoms with Gasteiger partial charge in [0.1, 0.15) is 5.82 Å². The van der Waals surface area contributed by atoms with Crippen LogP contribution in [0.1, 0.15) is 5.56 Å².